The van der Waals surface area contributed by atoms with Crippen LogP contribution in [-0.4, -0.2) is 80.7 Å². The van der Waals surface area contributed by atoms with Crippen molar-refractivity contribution in [2.75, 3.05) is 36.9 Å². The third kappa shape index (κ3) is 17.1. The number of nitrogens with zero attached hydrogens (tertiary/aromatic N) is 1. The molecule has 0 fully saturated rings. The van der Waals surface area contributed by atoms with E-state index in [0.29, 0.717) is 0 Å². The maximum Gasteiger partial charge on any atom is 0.149 e. The first-order valence-electron chi connectivity index (χ1n) is 5.31. The molecule has 0 N–H and O–H groups in total. The van der Waals surface area contributed by atoms with Crippen molar-refractivity contribution < 1.29 is 38.9 Å². The molecule has 10 nitrogen and oxygen atoms in total. The fourth-order valence-corrected chi connectivity index (χ4v) is 5.26. The monoisotopic (exact) mass is 434 g/mol. The minimum Gasteiger partial charge on any atom is -0.739 e. The Balaban J connectivity index is 4.35. The van der Waals surface area contributed by atoms with Gasteiger partial charge in [-0.1, -0.05) is 0 Å². The second-order valence-corrected chi connectivity index (χ2v) is 13.7. The molecule has 0 bridgehead atoms. The highest BCUT2D eigenvalue weighted by atomic mass is 33.2. The van der Waals surface area contributed by atoms with Crippen molar-refractivity contribution in [1.82, 2.24) is 4.90 Å². The van der Waals surface area contributed by atoms with Crippen molar-refractivity contribution in [3.05, 3.63) is 0 Å². The Morgan fingerprint density at radius 2 is 0.818 bits per heavy atom. The summed E-state index contributed by atoms with van der Waals surface area (Å²) in [7, 11) is -13.0. The predicted molar refractivity (Wildman–Crippen MR) is 82.9 cm³/mol. The average Bonchev–Trinajstić information content (AvgIpc) is 2.23. The number of hydrogen-bond acceptors (Lipinski definition) is 13. The van der Waals surface area contributed by atoms with Crippen LogP contribution in [0.5, 0.6) is 0 Å². The average molecular weight is 435 g/mol. The van der Waals surface area contributed by atoms with Crippen LogP contribution in [0.25, 0.3) is 0 Å². The molecule has 0 radical (unpaired) electrons. The molecule has 0 rings (SSSR count). The van der Waals surface area contributed by atoms with E-state index in [-0.39, 0.29) is 69.3 Å². The normalized spacial score (nSPS) is 13.6. The fraction of sp³-hybridized carbons (Fsp3) is 1.00. The molecule has 134 valence electrons. The molecular formula is C6H12NO9S6-3. The Hall–Kier alpha value is 0.740. The topological polar surface area (TPSA) is 175 Å². The van der Waals surface area contributed by atoms with E-state index in [1.807, 2.05) is 0 Å². The van der Waals surface area contributed by atoms with Crippen LogP contribution in [0.1, 0.15) is 0 Å². The summed E-state index contributed by atoms with van der Waals surface area (Å²) in [6, 6.07) is 0. The van der Waals surface area contributed by atoms with Gasteiger partial charge in [0.25, 0.3) is 0 Å². The van der Waals surface area contributed by atoms with E-state index in [1.54, 1.807) is 0 Å². The van der Waals surface area contributed by atoms with E-state index in [4.69, 9.17) is 0 Å². The summed E-state index contributed by atoms with van der Waals surface area (Å²) in [5.74, 6) is -0.347. The zero-order valence-corrected chi connectivity index (χ0v) is 15.7. The third-order valence-electron chi connectivity index (χ3n) is 1.91. The lowest BCUT2D eigenvalue weighted by Gasteiger charge is -2.22. The van der Waals surface area contributed by atoms with E-state index in [1.165, 1.54) is 4.90 Å². The number of rotatable bonds is 12. The van der Waals surface area contributed by atoms with Gasteiger partial charge in [0.15, 0.2) is 0 Å². The van der Waals surface area contributed by atoms with Crippen molar-refractivity contribution >= 4 is 59.8 Å². The van der Waals surface area contributed by atoms with Gasteiger partial charge >= 0.3 is 0 Å². The Morgan fingerprint density at radius 3 is 1.00 bits per heavy atom. The zero-order valence-electron chi connectivity index (χ0n) is 10.8. The van der Waals surface area contributed by atoms with E-state index >= 15 is 0 Å². The van der Waals surface area contributed by atoms with Crippen molar-refractivity contribution in [2.45, 2.75) is 0 Å². The van der Waals surface area contributed by atoms with Crippen molar-refractivity contribution in [2.24, 2.45) is 0 Å². The second kappa shape index (κ2) is 9.90. The summed E-state index contributed by atoms with van der Waals surface area (Å²) in [6.07, 6.45) is 0. The molecule has 0 saturated heterocycles. The Morgan fingerprint density at radius 1 is 0.591 bits per heavy atom. The van der Waals surface area contributed by atoms with E-state index in [0.717, 1.165) is 0 Å². The van der Waals surface area contributed by atoms with Crippen LogP contribution in [0, 0.1) is 0 Å². The predicted octanol–water partition coefficient (Wildman–Crippen LogP) is -1.13. The molecular weight excluding hydrogens is 422 g/mol. The lowest BCUT2D eigenvalue weighted by molar-refractivity contribution is 0.329. The van der Waals surface area contributed by atoms with Gasteiger partial charge in [0.2, 0.25) is 0 Å². The molecule has 16 heteroatoms. The van der Waals surface area contributed by atoms with Crippen LogP contribution in [-0.2, 0) is 27.5 Å². The van der Waals surface area contributed by atoms with Gasteiger partial charge in [-0.05, 0) is 32.4 Å². The third-order valence-corrected chi connectivity index (χ3v) is 7.92. The quantitative estimate of drug-likeness (QED) is 0.266. The van der Waals surface area contributed by atoms with Gasteiger partial charge in [0, 0.05) is 36.9 Å². The standard InChI is InChI=1S/C6H15NO9S6/c8-20(9,10)17-4-1-7(2-5-18-21(11,12)13)3-6-19-22(14,15)16/h1-6H2,(H,8,9,10)(H,11,12,13)(H,14,15,16)/p-3. The first kappa shape index (κ1) is 22.7. The Kier molecular flexibility index (Phi) is 10.2. The highest BCUT2D eigenvalue weighted by molar-refractivity contribution is 8.70. The lowest BCUT2D eigenvalue weighted by Crippen LogP contribution is -2.31. The summed E-state index contributed by atoms with van der Waals surface area (Å²) < 4.78 is 94.0. The maximum atomic E-state index is 10.4. The van der Waals surface area contributed by atoms with Crippen LogP contribution in [0.3, 0.4) is 0 Å². The van der Waals surface area contributed by atoms with Gasteiger partial charge in [-0.3, -0.25) is 0 Å². The summed E-state index contributed by atoms with van der Waals surface area (Å²) in [5.41, 5.74) is 0. The SMILES string of the molecule is O=S(=O)([O-])SCCN(CCSS(=O)(=O)[O-])CCSS(=O)(=O)[O-]. The van der Waals surface area contributed by atoms with Gasteiger partial charge in [0.1, 0.15) is 27.5 Å². The van der Waals surface area contributed by atoms with Crippen LogP contribution in [0.15, 0.2) is 0 Å². The molecule has 0 saturated carbocycles. The van der Waals surface area contributed by atoms with Crippen molar-refractivity contribution in [3.8, 4) is 0 Å². The summed E-state index contributed by atoms with van der Waals surface area (Å²) in [5, 5.41) is 0. The molecule has 0 atom stereocenters. The Labute approximate surface area is 140 Å². The van der Waals surface area contributed by atoms with Gasteiger partial charge < -0.3 is 18.6 Å². The van der Waals surface area contributed by atoms with E-state index < -0.39 is 27.5 Å². The molecule has 0 aliphatic rings. The molecule has 0 spiro atoms. The summed E-state index contributed by atoms with van der Waals surface area (Å²) in [4.78, 5) is 1.45. The molecule has 22 heavy (non-hydrogen) atoms. The van der Waals surface area contributed by atoms with Crippen LogP contribution >= 0.6 is 32.4 Å². The first-order valence-corrected chi connectivity index (χ1v) is 14.0. The molecule has 0 aromatic heterocycles. The van der Waals surface area contributed by atoms with Gasteiger partial charge in [-0.25, -0.2) is 25.3 Å². The van der Waals surface area contributed by atoms with Gasteiger partial charge in [0.05, 0.1) is 0 Å². The van der Waals surface area contributed by atoms with Gasteiger partial charge in [-0.2, -0.15) is 0 Å². The minimum absolute atomic E-state index is 0.0467. The molecule has 0 heterocycles. The smallest absolute Gasteiger partial charge is 0.149 e. The second-order valence-electron chi connectivity index (χ2n) is 3.53. The molecule has 0 aliphatic heterocycles. The van der Waals surface area contributed by atoms with Gasteiger partial charge in [-0.15, -0.1) is 0 Å². The van der Waals surface area contributed by atoms with Crippen LogP contribution < -0.4 is 0 Å². The molecule has 0 aliphatic carbocycles. The highest BCUT2D eigenvalue weighted by Gasteiger charge is 2.09. The van der Waals surface area contributed by atoms with E-state index in [9.17, 15) is 38.9 Å². The first-order chi connectivity index (χ1) is 9.79. The number of hydrogen-bond donors (Lipinski definition) is 0. The largest absolute Gasteiger partial charge is 0.739 e. The lowest BCUT2D eigenvalue weighted by atomic mass is 10.5. The van der Waals surface area contributed by atoms with Crippen LogP contribution in [0.4, 0.5) is 0 Å². The zero-order chi connectivity index (χ0) is 17.4. The van der Waals surface area contributed by atoms with Crippen molar-refractivity contribution in [1.29, 1.82) is 0 Å². The molecule has 0 aromatic rings. The highest BCUT2D eigenvalue weighted by Crippen LogP contribution is 2.14. The summed E-state index contributed by atoms with van der Waals surface area (Å²) in [6.45, 7) is 0.140. The van der Waals surface area contributed by atoms with Crippen molar-refractivity contribution in [3.63, 3.8) is 0 Å². The molecule has 0 amide bonds. The minimum atomic E-state index is -4.47. The summed E-state index contributed by atoms with van der Waals surface area (Å²) >= 11 is 0. The maximum absolute atomic E-state index is 10.4. The fourth-order valence-electron chi connectivity index (χ4n) is 1.14. The molecule has 0 aromatic carbocycles. The van der Waals surface area contributed by atoms with Crippen LogP contribution in [0.2, 0.25) is 0 Å². The van der Waals surface area contributed by atoms with E-state index in [2.05, 4.69) is 0 Å². The molecule has 0 unspecified atom stereocenters. The Bertz CT molecular complexity index is 535.